The minimum Gasteiger partial charge on any atom is -0.461 e. The summed E-state index contributed by atoms with van der Waals surface area (Å²) in [7, 11) is 0. The molecule has 0 amide bonds. The molecule has 0 aliphatic heterocycles. The summed E-state index contributed by atoms with van der Waals surface area (Å²) < 4.78 is 5.19. The molecule has 1 aliphatic carbocycles. The molecule has 0 spiro atoms. The number of aliphatic hydroxyl groups excluding tert-OH is 1. The second-order valence-electron chi connectivity index (χ2n) is 7.25. The van der Waals surface area contributed by atoms with Gasteiger partial charge in [0.15, 0.2) is 0 Å². The molecule has 0 saturated heterocycles. The summed E-state index contributed by atoms with van der Waals surface area (Å²) in [5.74, 6) is 0.162. The average Bonchev–Trinajstić information content (AvgIpc) is 2.54. The number of esters is 1. The van der Waals surface area contributed by atoms with E-state index >= 15 is 0 Å². The molecule has 1 N–H and O–H groups in total. The van der Waals surface area contributed by atoms with Gasteiger partial charge >= 0.3 is 5.97 Å². The highest BCUT2D eigenvalue weighted by molar-refractivity contribution is 5.66. The molecular weight excluding hydrogens is 312 g/mol. The largest absolute Gasteiger partial charge is 0.461 e. The van der Waals surface area contributed by atoms with Gasteiger partial charge in [-0.3, -0.25) is 4.79 Å². The Morgan fingerprint density at radius 2 is 1.92 bits per heavy atom. The summed E-state index contributed by atoms with van der Waals surface area (Å²) in [6.07, 6.45) is 11.4. The van der Waals surface area contributed by atoms with Crippen LogP contribution < -0.4 is 0 Å². The molecule has 0 unspecified atom stereocenters. The smallest absolute Gasteiger partial charge is 0.302 e. The topological polar surface area (TPSA) is 46.5 Å². The van der Waals surface area contributed by atoms with Gasteiger partial charge in [0.05, 0.1) is 6.10 Å². The zero-order chi connectivity index (χ0) is 18.8. The Morgan fingerprint density at radius 1 is 1.20 bits per heavy atom. The molecule has 0 saturated carbocycles. The van der Waals surface area contributed by atoms with Crippen LogP contribution in [0.5, 0.6) is 0 Å². The lowest BCUT2D eigenvalue weighted by Crippen LogP contribution is -2.11. The summed E-state index contributed by atoms with van der Waals surface area (Å²) in [5, 5.41) is 10.4. The van der Waals surface area contributed by atoms with Crippen LogP contribution in [-0.4, -0.2) is 23.8 Å². The Bertz CT molecular complexity index is 552. The van der Waals surface area contributed by atoms with E-state index in [1.165, 1.54) is 18.1 Å². The molecule has 1 aliphatic rings. The fourth-order valence-corrected chi connectivity index (χ4v) is 2.94. The van der Waals surface area contributed by atoms with Crippen molar-refractivity contribution < 1.29 is 14.6 Å². The van der Waals surface area contributed by atoms with E-state index in [-0.39, 0.29) is 5.97 Å². The predicted octanol–water partition coefficient (Wildman–Crippen LogP) is 5.28. The van der Waals surface area contributed by atoms with Crippen LogP contribution in [0.15, 0.2) is 47.1 Å². The van der Waals surface area contributed by atoms with E-state index < -0.39 is 6.10 Å². The Hall–Kier alpha value is -1.61. The molecule has 0 radical (unpaired) electrons. The van der Waals surface area contributed by atoms with E-state index in [0.29, 0.717) is 18.9 Å². The van der Waals surface area contributed by atoms with Gasteiger partial charge in [-0.15, -0.1) is 0 Å². The van der Waals surface area contributed by atoms with E-state index in [9.17, 15) is 9.90 Å². The van der Waals surface area contributed by atoms with E-state index in [2.05, 4.69) is 38.7 Å². The number of aliphatic hydroxyl groups is 1. The zero-order valence-corrected chi connectivity index (χ0v) is 16.3. The highest BCUT2D eigenvalue weighted by atomic mass is 16.5. The van der Waals surface area contributed by atoms with E-state index in [1.807, 2.05) is 6.92 Å². The average molecular weight is 347 g/mol. The fourth-order valence-electron chi connectivity index (χ4n) is 2.94. The molecule has 1 rings (SSSR count). The third-order valence-electron chi connectivity index (χ3n) is 4.91. The van der Waals surface area contributed by atoms with Crippen LogP contribution in [0.2, 0.25) is 0 Å². The molecule has 0 fully saturated rings. The first-order valence-electron chi connectivity index (χ1n) is 9.26. The van der Waals surface area contributed by atoms with E-state index in [0.717, 1.165) is 43.3 Å². The van der Waals surface area contributed by atoms with Crippen LogP contribution in [0.3, 0.4) is 0 Å². The zero-order valence-electron chi connectivity index (χ0n) is 16.3. The van der Waals surface area contributed by atoms with Crippen LogP contribution in [0.25, 0.3) is 0 Å². The summed E-state index contributed by atoms with van der Waals surface area (Å²) in [6.45, 7) is 12.1. The third kappa shape index (κ3) is 8.87. The lowest BCUT2D eigenvalue weighted by molar-refractivity contribution is -0.140. The van der Waals surface area contributed by atoms with Gasteiger partial charge < -0.3 is 9.84 Å². The molecule has 3 nitrogen and oxygen atoms in total. The summed E-state index contributed by atoms with van der Waals surface area (Å²) in [6, 6.07) is 0. The van der Waals surface area contributed by atoms with E-state index in [4.69, 9.17) is 4.74 Å². The van der Waals surface area contributed by atoms with Crippen LogP contribution in [0.1, 0.15) is 66.2 Å². The fraction of sp³-hybridized carbons (Fsp3) is 0.591. The maximum absolute atomic E-state index is 11.1. The second kappa shape index (κ2) is 11.1. The normalized spacial score (nSPS) is 29.9. The molecule has 0 aromatic heterocycles. The van der Waals surface area contributed by atoms with Gasteiger partial charge in [0.1, 0.15) is 6.61 Å². The van der Waals surface area contributed by atoms with Gasteiger partial charge in [0, 0.05) is 6.92 Å². The summed E-state index contributed by atoms with van der Waals surface area (Å²) >= 11 is 0. The number of allylic oxidation sites excluding steroid dienone is 5. The van der Waals surface area contributed by atoms with Crippen molar-refractivity contribution in [3.05, 3.63) is 47.1 Å². The number of carbonyl (C=O) groups is 1. The molecular formula is C22H34O3. The maximum Gasteiger partial charge on any atom is 0.302 e. The standard InChI is InChI=1S/C22H34O3/c1-16(2)21-12-9-17(3)7-6-8-18(4)22(24)14-11-20(10-13-21)15-25-19(5)23/h7-8,10,21-22,24H,1,6,9,11-15H2,2-5H3/b17-7+,18-8+,20-10+/t21-,22+/m0/s1. The van der Waals surface area contributed by atoms with Gasteiger partial charge in [0.25, 0.3) is 0 Å². The number of hydrogen-bond donors (Lipinski definition) is 1. The lowest BCUT2D eigenvalue weighted by Gasteiger charge is -2.18. The van der Waals surface area contributed by atoms with Crippen molar-refractivity contribution in [2.24, 2.45) is 5.92 Å². The monoisotopic (exact) mass is 346 g/mol. The van der Waals surface area contributed by atoms with Crippen molar-refractivity contribution in [2.45, 2.75) is 72.3 Å². The third-order valence-corrected chi connectivity index (χ3v) is 4.91. The molecule has 0 aromatic rings. The van der Waals surface area contributed by atoms with Gasteiger partial charge in [-0.1, -0.05) is 36.0 Å². The minimum atomic E-state index is -0.450. The predicted molar refractivity (Wildman–Crippen MR) is 104 cm³/mol. The lowest BCUT2D eigenvalue weighted by atomic mass is 9.89. The minimum absolute atomic E-state index is 0.269. The molecule has 0 aromatic carbocycles. The van der Waals surface area contributed by atoms with Gasteiger partial charge in [0.2, 0.25) is 0 Å². The van der Waals surface area contributed by atoms with Crippen molar-refractivity contribution in [3.63, 3.8) is 0 Å². The first-order chi connectivity index (χ1) is 11.8. The SMILES string of the molecule is C=C(C)[C@@H]1C/C=C(/COC(C)=O)CC[C@@H](O)/C(C)=C/C/C=C(\C)CC1. The molecule has 0 bridgehead atoms. The highest BCUT2D eigenvalue weighted by Gasteiger charge is 2.12. The number of ether oxygens (including phenoxy) is 1. The Morgan fingerprint density at radius 3 is 2.56 bits per heavy atom. The Balaban J connectivity index is 2.96. The Labute approximate surface area is 153 Å². The van der Waals surface area contributed by atoms with Gasteiger partial charge in [-0.05, 0) is 76.4 Å². The van der Waals surface area contributed by atoms with E-state index in [1.54, 1.807) is 0 Å². The summed E-state index contributed by atoms with van der Waals surface area (Å²) in [4.78, 5) is 11.1. The van der Waals surface area contributed by atoms with Gasteiger partial charge in [-0.25, -0.2) is 0 Å². The number of hydrogen-bond acceptors (Lipinski definition) is 3. The van der Waals surface area contributed by atoms with Crippen molar-refractivity contribution in [3.8, 4) is 0 Å². The Kier molecular flexibility index (Phi) is 9.51. The maximum atomic E-state index is 11.1. The van der Waals surface area contributed by atoms with Crippen LogP contribution in [0, 0.1) is 5.92 Å². The molecule has 140 valence electrons. The van der Waals surface area contributed by atoms with Crippen molar-refractivity contribution in [1.29, 1.82) is 0 Å². The molecule has 25 heavy (non-hydrogen) atoms. The van der Waals surface area contributed by atoms with Crippen molar-refractivity contribution in [1.82, 2.24) is 0 Å². The van der Waals surface area contributed by atoms with Crippen LogP contribution in [0.4, 0.5) is 0 Å². The molecule has 3 heteroatoms. The van der Waals surface area contributed by atoms with Crippen molar-refractivity contribution >= 4 is 5.97 Å². The highest BCUT2D eigenvalue weighted by Crippen LogP contribution is 2.25. The van der Waals surface area contributed by atoms with Crippen LogP contribution in [-0.2, 0) is 9.53 Å². The quantitative estimate of drug-likeness (QED) is 0.559. The first kappa shape index (κ1) is 21.4. The molecule has 0 heterocycles. The summed E-state index contributed by atoms with van der Waals surface area (Å²) in [5.41, 5.74) is 4.66. The number of rotatable bonds is 3. The number of carbonyl (C=O) groups excluding carboxylic acids is 1. The van der Waals surface area contributed by atoms with Crippen LogP contribution >= 0.6 is 0 Å². The van der Waals surface area contributed by atoms with Gasteiger partial charge in [-0.2, -0.15) is 0 Å². The first-order valence-corrected chi connectivity index (χ1v) is 9.26. The molecule has 2 atom stereocenters. The van der Waals surface area contributed by atoms with Crippen molar-refractivity contribution in [2.75, 3.05) is 6.61 Å². The second-order valence-corrected chi connectivity index (χ2v) is 7.25.